The third-order valence-electron chi connectivity index (χ3n) is 4.42. The monoisotopic (exact) mass is 299 g/mol. The van der Waals surface area contributed by atoms with E-state index in [1.807, 2.05) is 31.2 Å². The van der Waals surface area contributed by atoms with Gasteiger partial charge in [-0.05, 0) is 19.5 Å². The van der Waals surface area contributed by atoms with Gasteiger partial charge in [-0.15, -0.1) is 0 Å². The summed E-state index contributed by atoms with van der Waals surface area (Å²) in [7, 11) is 3.63. The molecule has 3 rings (SSSR count). The van der Waals surface area contributed by atoms with Crippen LogP contribution in [0.25, 0.3) is 5.57 Å². The zero-order chi connectivity index (χ0) is 15.9. The first kappa shape index (κ1) is 14.8. The SMILES string of the molecule is Cc1ccc(C2=C(N3CCN(C)CC3)C(=O)N(C)C2=O)cc1. The summed E-state index contributed by atoms with van der Waals surface area (Å²) >= 11 is 0. The average Bonchev–Trinajstić information content (AvgIpc) is 2.74. The Morgan fingerprint density at radius 2 is 1.45 bits per heavy atom. The molecular weight excluding hydrogens is 278 g/mol. The van der Waals surface area contributed by atoms with E-state index in [1.165, 1.54) is 4.90 Å². The summed E-state index contributed by atoms with van der Waals surface area (Å²) in [5.41, 5.74) is 3.05. The average molecular weight is 299 g/mol. The van der Waals surface area contributed by atoms with Gasteiger partial charge >= 0.3 is 0 Å². The molecule has 0 bridgehead atoms. The highest BCUT2D eigenvalue weighted by molar-refractivity contribution is 6.35. The van der Waals surface area contributed by atoms with E-state index in [9.17, 15) is 9.59 Å². The van der Waals surface area contributed by atoms with Crippen LogP contribution in [0.5, 0.6) is 0 Å². The number of nitrogens with zero attached hydrogens (tertiary/aromatic N) is 3. The van der Waals surface area contributed by atoms with Crippen LogP contribution in [0.3, 0.4) is 0 Å². The molecule has 0 atom stereocenters. The smallest absolute Gasteiger partial charge is 0.277 e. The van der Waals surface area contributed by atoms with Crippen molar-refractivity contribution in [1.82, 2.24) is 14.7 Å². The van der Waals surface area contributed by atoms with Gasteiger partial charge in [0.05, 0.1) is 5.57 Å². The van der Waals surface area contributed by atoms with E-state index in [1.54, 1.807) is 7.05 Å². The maximum atomic E-state index is 12.5. The van der Waals surface area contributed by atoms with Crippen molar-refractivity contribution in [3.63, 3.8) is 0 Å². The Bertz CT molecular complexity index is 640. The summed E-state index contributed by atoms with van der Waals surface area (Å²) in [4.78, 5) is 30.6. The van der Waals surface area contributed by atoms with Crippen LogP contribution in [0.4, 0.5) is 0 Å². The van der Waals surface area contributed by atoms with Crippen molar-refractivity contribution in [1.29, 1.82) is 0 Å². The molecule has 0 aliphatic carbocycles. The highest BCUT2D eigenvalue weighted by Crippen LogP contribution is 2.31. The molecule has 1 saturated heterocycles. The Morgan fingerprint density at radius 3 is 2.05 bits per heavy atom. The highest BCUT2D eigenvalue weighted by Gasteiger charge is 2.39. The largest absolute Gasteiger partial charge is 0.364 e. The van der Waals surface area contributed by atoms with E-state index in [4.69, 9.17) is 0 Å². The number of aryl methyl sites for hydroxylation is 1. The summed E-state index contributed by atoms with van der Waals surface area (Å²) < 4.78 is 0. The first-order valence-electron chi connectivity index (χ1n) is 7.56. The van der Waals surface area contributed by atoms with Crippen molar-refractivity contribution < 1.29 is 9.59 Å². The first-order valence-corrected chi connectivity index (χ1v) is 7.56. The number of imide groups is 1. The molecule has 1 fully saturated rings. The molecule has 1 aromatic rings. The van der Waals surface area contributed by atoms with Crippen molar-refractivity contribution in [2.45, 2.75) is 6.92 Å². The lowest BCUT2D eigenvalue weighted by atomic mass is 10.0. The van der Waals surface area contributed by atoms with E-state index in [0.29, 0.717) is 11.3 Å². The Morgan fingerprint density at radius 1 is 0.864 bits per heavy atom. The molecule has 5 nitrogen and oxygen atoms in total. The number of piperazine rings is 1. The van der Waals surface area contributed by atoms with E-state index < -0.39 is 0 Å². The zero-order valence-corrected chi connectivity index (χ0v) is 13.3. The Kier molecular flexibility index (Phi) is 3.74. The predicted molar refractivity (Wildman–Crippen MR) is 84.9 cm³/mol. The van der Waals surface area contributed by atoms with Gasteiger partial charge in [0.2, 0.25) is 0 Å². The number of carbonyl (C=O) groups is 2. The lowest BCUT2D eigenvalue weighted by molar-refractivity contribution is -0.136. The van der Waals surface area contributed by atoms with Crippen LogP contribution < -0.4 is 0 Å². The van der Waals surface area contributed by atoms with Crippen molar-refractivity contribution in [2.24, 2.45) is 0 Å². The topological polar surface area (TPSA) is 43.9 Å². The molecule has 2 aliphatic rings. The number of carbonyl (C=O) groups excluding carboxylic acids is 2. The second-order valence-corrected chi connectivity index (χ2v) is 6.05. The van der Waals surface area contributed by atoms with Gasteiger partial charge in [0.15, 0.2) is 0 Å². The second-order valence-electron chi connectivity index (χ2n) is 6.05. The van der Waals surface area contributed by atoms with Gasteiger partial charge in [-0.2, -0.15) is 0 Å². The summed E-state index contributed by atoms with van der Waals surface area (Å²) in [5, 5.41) is 0. The van der Waals surface area contributed by atoms with E-state index >= 15 is 0 Å². The number of benzene rings is 1. The van der Waals surface area contributed by atoms with Gasteiger partial charge in [0.25, 0.3) is 11.8 Å². The van der Waals surface area contributed by atoms with Gasteiger partial charge in [0.1, 0.15) is 5.70 Å². The molecule has 0 N–H and O–H groups in total. The molecule has 2 amide bonds. The normalized spacial score (nSPS) is 20.3. The molecule has 5 heteroatoms. The van der Waals surface area contributed by atoms with Crippen LogP contribution in [0.2, 0.25) is 0 Å². The van der Waals surface area contributed by atoms with Crippen molar-refractivity contribution >= 4 is 17.4 Å². The van der Waals surface area contributed by atoms with Crippen LogP contribution >= 0.6 is 0 Å². The van der Waals surface area contributed by atoms with Crippen LogP contribution in [-0.4, -0.2) is 66.8 Å². The number of rotatable bonds is 2. The summed E-state index contributed by atoms with van der Waals surface area (Å²) in [5.74, 6) is -0.395. The number of hydrogen-bond acceptors (Lipinski definition) is 4. The van der Waals surface area contributed by atoms with E-state index in [2.05, 4.69) is 16.8 Å². The van der Waals surface area contributed by atoms with Crippen LogP contribution in [-0.2, 0) is 9.59 Å². The molecule has 0 unspecified atom stereocenters. The summed E-state index contributed by atoms with van der Waals surface area (Å²) in [6.45, 7) is 5.35. The van der Waals surface area contributed by atoms with Gasteiger partial charge in [-0.25, -0.2) is 0 Å². The fourth-order valence-electron chi connectivity index (χ4n) is 2.93. The van der Waals surface area contributed by atoms with Gasteiger partial charge in [0, 0.05) is 33.2 Å². The van der Waals surface area contributed by atoms with E-state index in [0.717, 1.165) is 37.3 Å². The van der Waals surface area contributed by atoms with Crippen LogP contribution in [0.1, 0.15) is 11.1 Å². The minimum Gasteiger partial charge on any atom is -0.364 e. The van der Waals surface area contributed by atoms with Crippen molar-refractivity contribution in [3.8, 4) is 0 Å². The minimum atomic E-state index is -0.206. The second kappa shape index (κ2) is 5.57. The maximum absolute atomic E-state index is 12.5. The van der Waals surface area contributed by atoms with Gasteiger partial charge in [-0.3, -0.25) is 14.5 Å². The molecule has 116 valence electrons. The molecule has 0 aromatic heterocycles. The van der Waals surface area contributed by atoms with Crippen LogP contribution in [0.15, 0.2) is 30.0 Å². The molecule has 2 aliphatic heterocycles. The molecule has 0 saturated carbocycles. The summed E-state index contributed by atoms with van der Waals surface area (Å²) in [6.07, 6.45) is 0. The lowest BCUT2D eigenvalue weighted by Gasteiger charge is -2.34. The predicted octanol–water partition coefficient (Wildman–Crippen LogP) is 0.952. The fourth-order valence-corrected chi connectivity index (χ4v) is 2.93. The third-order valence-corrected chi connectivity index (χ3v) is 4.42. The minimum absolute atomic E-state index is 0.190. The molecule has 1 aromatic carbocycles. The van der Waals surface area contributed by atoms with Gasteiger partial charge < -0.3 is 9.80 Å². The number of likely N-dealkylation sites (N-methyl/N-ethyl adjacent to an activating group) is 2. The molecular formula is C17H21N3O2. The zero-order valence-electron chi connectivity index (χ0n) is 13.3. The standard InChI is InChI=1S/C17H21N3O2/c1-12-4-6-13(7-5-12)14-15(17(22)19(3)16(14)21)20-10-8-18(2)9-11-20/h4-7H,8-11H2,1-3H3. The molecule has 2 heterocycles. The molecule has 0 radical (unpaired) electrons. The number of hydrogen-bond donors (Lipinski definition) is 0. The molecule has 22 heavy (non-hydrogen) atoms. The van der Waals surface area contributed by atoms with Crippen molar-refractivity contribution in [2.75, 3.05) is 40.3 Å². The first-order chi connectivity index (χ1) is 10.5. The number of amides is 2. The van der Waals surface area contributed by atoms with Crippen molar-refractivity contribution in [3.05, 3.63) is 41.1 Å². The summed E-state index contributed by atoms with van der Waals surface area (Å²) in [6, 6.07) is 7.79. The maximum Gasteiger partial charge on any atom is 0.277 e. The lowest BCUT2D eigenvalue weighted by Crippen LogP contribution is -2.45. The third kappa shape index (κ3) is 2.41. The Labute approximate surface area is 130 Å². The Hall–Kier alpha value is -2.14. The Balaban J connectivity index is 2.04. The highest BCUT2D eigenvalue weighted by atomic mass is 16.2. The van der Waals surface area contributed by atoms with Gasteiger partial charge in [-0.1, -0.05) is 29.8 Å². The molecule has 0 spiro atoms. The quantitative estimate of drug-likeness (QED) is 0.763. The van der Waals surface area contributed by atoms with E-state index in [-0.39, 0.29) is 11.8 Å². The fraction of sp³-hybridized carbons (Fsp3) is 0.412. The van der Waals surface area contributed by atoms with Crippen LogP contribution in [0, 0.1) is 6.92 Å².